The number of rotatable bonds is 5. The average molecular weight is 422 g/mol. The molecule has 0 saturated carbocycles. The molecule has 0 spiro atoms. The molecule has 1 saturated heterocycles. The Bertz CT molecular complexity index is 1040. The minimum atomic E-state index is -4.86. The summed E-state index contributed by atoms with van der Waals surface area (Å²) >= 11 is 0. The Hall–Kier alpha value is -3.08. The van der Waals surface area contributed by atoms with Crippen molar-refractivity contribution in [2.24, 2.45) is 0 Å². The zero-order chi connectivity index (χ0) is 21.3. The molecule has 0 bridgehead atoms. The zero-order valence-electron chi connectivity index (χ0n) is 16.5. The molecule has 2 aromatic heterocycles. The monoisotopic (exact) mass is 422 g/mol. The van der Waals surface area contributed by atoms with Crippen LogP contribution >= 0.6 is 0 Å². The molecule has 0 unspecified atom stereocenters. The first-order chi connectivity index (χ1) is 14.3. The average Bonchev–Trinajstić information content (AvgIpc) is 3.18. The lowest BCUT2D eigenvalue weighted by atomic mass is 10.1. The summed E-state index contributed by atoms with van der Waals surface area (Å²) in [4.78, 5) is 6.37. The smallest absolute Gasteiger partial charge is 0.497 e. The van der Waals surface area contributed by atoms with Crippen molar-refractivity contribution < 1.29 is 22.6 Å². The fraction of sp³-hybridized carbons (Fsp3) is 0.421. The number of likely N-dealkylation sites (tertiary alicyclic amines) is 1. The molecule has 3 heterocycles. The number of methoxy groups -OCH3 is 1. The minimum absolute atomic E-state index is 0.134. The molecular weight excluding hydrogens is 401 g/mol. The van der Waals surface area contributed by atoms with Gasteiger partial charge in [-0.3, -0.25) is 4.40 Å². The van der Waals surface area contributed by atoms with Gasteiger partial charge in [0.1, 0.15) is 23.5 Å². The van der Waals surface area contributed by atoms with Crippen LogP contribution in [0.2, 0.25) is 0 Å². The number of aromatic nitrogens is 4. The lowest BCUT2D eigenvalue weighted by Gasteiger charge is -2.30. The van der Waals surface area contributed by atoms with Crippen molar-refractivity contribution >= 4 is 11.5 Å². The normalized spacial score (nSPS) is 17.8. The number of alkyl halides is 3. The molecule has 0 aliphatic carbocycles. The van der Waals surface area contributed by atoms with E-state index in [1.807, 2.05) is 0 Å². The third kappa shape index (κ3) is 4.25. The van der Waals surface area contributed by atoms with Crippen LogP contribution in [0.5, 0.6) is 11.5 Å². The molecule has 1 aromatic carbocycles. The molecule has 4 rings (SSSR count). The van der Waals surface area contributed by atoms with Crippen LogP contribution in [-0.2, 0) is 0 Å². The summed E-state index contributed by atoms with van der Waals surface area (Å²) in [6, 6.07) is 4.36. The molecule has 160 valence electrons. The number of nitrogens with one attached hydrogen (secondary N) is 1. The summed E-state index contributed by atoms with van der Waals surface area (Å²) < 4.78 is 49.8. The first-order valence-corrected chi connectivity index (χ1v) is 9.42. The fourth-order valence-corrected chi connectivity index (χ4v) is 3.63. The first-order valence-electron chi connectivity index (χ1n) is 9.42. The van der Waals surface area contributed by atoms with Crippen molar-refractivity contribution in [1.82, 2.24) is 24.5 Å². The van der Waals surface area contributed by atoms with Gasteiger partial charge in [0.05, 0.1) is 18.8 Å². The molecule has 0 amide bonds. The van der Waals surface area contributed by atoms with Gasteiger partial charge >= 0.3 is 6.36 Å². The molecule has 11 heteroatoms. The summed E-state index contributed by atoms with van der Waals surface area (Å²) in [6.07, 6.45) is 0.280. The second-order valence-electron chi connectivity index (χ2n) is 7.18. The Labute approximate surface area is 170 Å². The van der Waals surface area contributed by atoms with Gasteiger partial charge in [-0.2, -0.15) is 0 Å². The van der Waals surface area contributed by atoms with E-state index in [1.54, 1.807) is 10.7 Å². The Morgan fingerprint density at radius 1 is 1.23 bits per heavy atom. The van der Waals surface area contributed by atoms with E-state index >= 15 is 0 Å². The summed E-state index contributed by atoms with van der Waals surface area (Å²) in [6.45, 7) is 1.91. The highest BCUT2D eigenvalue weighted by Gasteiger charge is 2.33. The molecule has 3 aromatic rings. The second kappa shape index (κ2) is 7.98. The van der Waals surface area contributed by atoms with Crippen molar-refractivity contribution in [3.63, 3.8) is 0 Å². The van der Waals surface area contributed by atoms with Gasteiger partial charge in [0.25, 0.3) is 0 Å². The lowest BCUT2D eigenvalue weighted by Crippen LogP contribution is -2.40. The van der Waals surface area contributed by atoms with E-state index in [1.165, 1.54) is 31.5 Å². The van der Waals surface area contributed by atoms with Crippen molar-refractivity contribution in [2.75, 3.05) is 32.6 Å². The SMILES string of the molecule is COc1ccc(-c2nnc(N[C@@H]3CCCN(C)C3)n3cncc23)c(OC(F)(F)F)c1. The maximum absolute atomic E-state index is 13.0. The topological polar surface area (TPSA) is 76.8 Å². The second-order valence-corrected chi connectivity index (χ2v) is 7.18. The molecular formula is C19H21F3N6O2. The molecule has 1 N–H and O–H groups in total. The maximum atomic E-state index is 13.0. The quantitative estimate of drug-likeness (QED) is 0.677. The predicted octanol–water partition coefficient (Wildman–Crippen LogP) is 3.20. The number of hydrogen-bond donors (Lipinski definition) is 1. The maximum Gasteiger partial charge on any atom is 0.573 e. The van der Waals surface area contributed by atoms with Crippen LogP contribution in [0.25, 0.3) is 16.8 Å². The Balaban J connectivity index is 1.73. The Kier molecular flexibility index (Phi) is 5.37. The molecule has 1 fully saturated rings. The lowest BCUT2D eigenvalue weighted by molar-refractivity contribution is -0.274. The van der Waals surface area contributed by atoms with Gasteiger partial charge < -0.3 is 19.7 Å². The van der Waals surface area contributed by atoms with Crippen LogP contribution in [0.3, 0.4) is 0 Å². The number of imidazole rings is 1. The van der Waals surface area contributed by atoms with E-state index in [0.717, 1.165) is 25.9 Å². The summed E-state index contributed by atoms with van der Waals surface area (Å²) in [5, 5.41) is 11.8. The number of piperidine rings is 1. The van der Waals surface area contributed by atoms with E-state index in [4.69, 9.17) is 4.74 Å². The van der Waals surface area contributed by atoms with E-state index < -0.39 is 12.1 Å². The number of nitrogens with zero attached hydrogens (tertiary/aromatic N) is 5. The molecule has 1 aliphatic rings. The van der Waals surface area contributed by atoms with Gasteiger partial charge in [0.2, 0.25) is 5.95 Å². The molecule has 8 nitrogen and oxygen atoms in total. The van der Waals surface area contributed by atoms with Gasteiger partial charge in [-0.05, 0) is 38.6 Å². The third-order valence-electron chi connectivity index (χ3n) is 4.98. The number of fused-ring (bicyclic) bond motifs is 1. The summed E-state index contributed by atoms with van der Waals surface area (Å²) in [5.74, 6) is 0.294. The van der Waals surface area contributed by atoms with Gasteiger partial charge in [-0.25, -0.2) is 4.98 Å². The third-order valence-corrected chi connectivity index (χ3v) is 4.98. The Morgan fingerprint density at radius 2 is 2.07 bits per heavy atom. The standard InChI is InChI=1S/C19H21F3N6O2/c1-27-7-3-4-12(10-27)24-18-26-25-17(15-9-23-11-28(15)18)14-6-5-13(29-2)8-16(14)30-19(20,21)22/h5-6,8-9,11-12H,3-4,7,10H2,1-2H3,(H,24,26)/t12-/m1/s1. The van der Waals surface area contributed by atoms with E-state index in [2.05, 4.69) is 37.2 Å². The van der Waals surface area contributed by atoms with Crippen molar-refractivity contribution in [3.8, 4) is 22.8 Å². The van der Waals surface area contributed by atoms with E-state index in [9.17, 15) is 13.2 Å². The van der Waals surface area contributed by atoms with Crippen LogP contribution < -0.4 is 14.8 Å². The molecule has 1 aliphatic heterocycles. The summed E-state index contributed by atoms with van der Waals surface area (Å²) in [5.41, 5.74) is 0.865. The fourth-order valence-electron chi connectivity index (χ4n) is 3.63. The Morgan fingerprint density at radius 3 is 2.80 bits per heavy atom. The van der Waals surface area contributed by atoms with E-state index in [0.29, 0.717) is 11.5 Å². The number of benzene rings is 1. The van der Waals surface area contributed by atoms with Crippen LogP contribution in [0.1, 0.15) is 12.8 Å². The van der Waals surface area contributed by atoms with E-state index in [-0.39, 0.29) is 23.0 Å². The zero-order valence-corrected chi connectivity index (χ0v) is 16.5. The van der Waals surface area contributed by atoms with Gasteiger partial charge in [0.15, 0.2) is 0 Å². The minimum Gasteiger partial charge on any atom is -0.497 e. The first kappa shape index (κ1) is 20.2. The van der Waals surface area contributed by atoms with Crippen LogP contribution in [-0.4, -0.2) is 64.1 Å². The highest BCUT2D eigenvalue weighted by molar-refractivity contribution is 5.81. The van der Waals surface area contributed by atoms with Gasteiger partial charge in [0, 0.05) is 24.2 Å². The molecule has 0 radical (unpaired) electrons. The van der Waals surface area contributed by atoms with Crippen molar-refractivity contribution in [1.29, 1.82) is 0 Å². The van der Waals surface area contributed by atoms with Crippen molar-refractivity contribution in [2.45, 2.75) is 25.2 Å². The van der Waals surface area contributed by atoms with Gasteiger partial charge in [-0.15, -0.1) is 23.4 Å². The number of ether oxygens (including phenoxy) is 2. The number of anilines is 1. The number of likely N-dealkylation sites (N-methyl/N-ethyl adjacent to an activating group) is 1. The number of hydrogen-bond acceptors (Lipinski definition) is 7. The van der Waals surface area contributed by atoms with Crippen LogP contribution in [0.15, 0.2) is 30.7 Å². The summed E-state index contributed by atoms with van der Waals surface area (Å²) in [7, 11) is 3.42. The molecule has 1 atom stereocenters. The van der Waals surface area contributed by atoms with Crippen LogP contribution in [0, 0.1) is 0 Å². The highest BCUT2D eigenvalue weighted by atomic mass is 19.4. The predicted molar refractivity (Wildman–Crippen MR) is 104 cm³/mol. The largest absolute Gasteiger partial charge is 0.573 e. The molecule has 30 heavy (non-hydrogen) atoms. The number of halogens is 3. The van der Waals surface area contributed by atoms with Gasteiger partial charge in [-0.1, -0.05) is 0 Å². The van der Waals surface area contributed by atoms with Crippen molar-refractivity contribution in [3.05, 3.63) is 30.7 Å². The van der Waals surface area contributed by atoms with Crippen LogP contribution in [0.4, 0.5) is 19.1 Å². The highest BCUT2D eigenvalue weighted by Crippen LogP contribution is 2.37.